The third-order valence-corrected chi connectivity index (χ3v) is 5.01. The Balaban J connectivity index is 3.25. The molecule has 0 saturated carbocycles. The number of aryl methyl sites for hydroxylation is 1. The maximum Gasteiger partial charge on any atom is 0.322 e. The first-order valence-corrected chi connectivity index (χ1v) is 8.78. The van der Waals surface area contributed by atoms with Crippen molar-refractivity contribution in [1.82, 2.24) is 4.72 Å². The van der Waals surface area contributed by atoms with Crippen LogP contribution in [-0.2, 0) is 19.6 Å². The standard InChI is InChI=1S/C14H19ClN2O6S/c1-7(2)13(14(19)20)17-24(21,22)11-5-10(23-6-12(16)18)8(3)4-9(11)15/h4-5,7,13,17H,6H2,1-3H3,(H2,16,18)(H,19,20)/t13-/m1/s1. The van der Waals surface area contributed by atoms with Crippen LogP contribution in [0.3, 0.4) is 0 Å². The van der Waals surface area contributed by atoms with Gasteiger partial charge in [-0.15, -0.1) is 0 Å². The van der Waals surface area contributed by atoms with Crippen molar-refractivity contribution in [3.05, 3.63) is 22.7 Å². The van der Waals surface area contributed by atoms with Gasteiger partial charge in [-0.3, -0.25) is 9.59 Å². The van der Waals surface area contributed by atoms with Gasteiger partial charge in [0.1, 0.15) is 16.7 Å². The molecule has 0 aliphatic carbocycles. The molecule has 1 atom stereocenters. The molecule has 0 heterocycles. The molecule has 0 fully saturated rings. The van der Waals surface area contributed by atoms with E-state index in [1.807, 2.05) is 0 Å². The van der Waals surface area contributed by atoms with E-state index in [9.17, 15) is 18.0 Å². The number of nitrogens with one attached hydrogen (secondary N) is 1. The Hall–Kier alpha value is -1.84. The lowest BCUT2D eigenvalue weighted by molar-refractivity contribution is -0.140. The number of carboxylic acids is 1. The van der Waals surface area contributed by atoms with Gasteiger partial charge in [0.2, 0.25) is 10.0 Å². The molecule has 1 rings (SSSR count). The number of halogens is 1. The first kappa shape index (κ1) is 20.2. The molecule has 10 heteroatoms. The van der Waals surface area contributed by atoms with E-state index in [0.29, 0.717) is 5.56 Å². The van der Waals surface area contributed by atoms with E-state index in [2.05, 4.69) is 4.72 Å². The number of hydrogen-bond acceptors (Lipinski definition) is 5. The van der Waals surface area contributed by atoms with Crippen molar-refractivity contribution in [2.24, 2.45) is 11.7 Å². The number of sulfonamides is 1. The molecule has 0 aliphatic rings. The van der Waals surface area contributed by atoms with Crippen LogP contribution in [0.2, 0.25) is 5.02 Å². The number of hydrogen-bond donors (Lipinski definition) is 3. The molecule has 0 saturated heterocycles. The fourth-order valence-corrected chi connectivity index (χ4v) is 3.78. The number of carboxylic acid groups (broad SMARTS) is 1. The number of amides is 1. The molecule has 1 aromatic carbocycles. The highest BCUT2D eigenvalue weighted by Crippen LogP contribution is 2.30. The van der Waals surface area contributed by atoms with Gasteiger partial charge in [-0.25, -0.2) is 8.42 Å². The van der Waals surface area contributed by atoms with Crippen molar-refractivity contribution in [3.63, 3.8) is 0 Å². The van der Waals surface area contributed by atoms with Crippen LogP contribution < -0.4 is 15.2 Å². The molecule has 134 valence electrons. The van der Waals surface area contributed by atoms with Crippen molar-refractivity contribution < 1.29 is 27.9 Å². The van der Waals surface area contributed by atoms with E-state index in [1.165, 1.54) is 6.07 Å². The number of rotatable bonds is 8. The second kappa shape index (κ2) is 7.82. The quantitative estimate of drug-likeness (QED) is 0.614. The number of nitrogens with two attached hydrogens (primary N) is 1. The third-order valence-electron chi connectivity index (χ3n) is 3.10. The van der Waals surface area contributed by atoms with Crippen LogP contribution in [0.15, 0.2) is 17.0 Å². The zero-order valence-electron chi connectivity index (χ0n) is 13.4. The Morgan fingerprint density at radius 2 is 1.96 bits per heavy atom. The van der Waals surface area contributed by atoms with E-state index in [4.69, 9.17) is 27.2 Å². The third kappa shape index (κ3) is 5.08. The predicted molar refractivity (Wildman–Crippen MR) is 87.5 cm³/mol. The van der Waals surface area contributed by atoms with Crippen LogP contribution in [0, 0.1) is 12.8 Å². The van der Waals surface area contributed by atoms with E-state index >= 15 is 0 Å². The summed E-state index contributed by atoms with van der Waals surface area (Å²) in [5.41, 5.74) is 5.49. The Kier molecular flexibility index (Phi) is 6.58. The Bertz CT molecular complexity index is 748. The average molecular weight is 379 g/mol. The van der Waals surface area contributed by atoms with Gasteiger partial charge in [0, 0.05) is 6.07 Å². The molecule has 0 unspecified atom stereocenters. The first-order valence-electron chi connectivity index (χ1n) is 6.92. The van der Waals surface area contributed by atoms with Crippen molar-refractivity contribution in [3.8, 4) is 5.75 Å². The molecule has 0 radical (unpaired) electrons. The van der Waals surface area contributed by atoms with Crippen LogP contribution in [0.5, 0.6) is 5.75 Å². The lowest BCUT2D eigenvalue weighted by Gasteiger charge is -2.19. The molecular weight excluding hydrogens is 360 g/mol. The van der Waals surface area contributed by atoms with Crippen LogP contribution in [0.4, 0.5) is 0 Å². The summed E-state index contributed by atoms with van der Waals surface area (Å²) < 4.78 is 32.2. The summed E-state index contributed by atoms with van der Waals surface area (Å²) in [7, 11) is -4.22. The molecule has 8 nitrogen and oxygen atoms in total. The van der Waals surface area contributed by atoms with E-state index in [-0.39, 0.29) is 15.7 Å². The number of carbonyl (C=O) groups excluding carboxylic acids is 1. The number of benzene rings is 1. The summed E-state index contributed by atoms with van der Waals surface area (Å²) in [5.74, 6) is -2.40. The molecule has 1 amide bonds. The fourth-order valence-electron chi connectivity index (χ4n) is 1.85. The van der Waals surface area contributed by atoms with Crippen LogP contribution in [0.1, 0.15) is 19.4 Å². The van der Waals surface area contributed by atoms with E-state index in [1.54, 1.807) is 20.8 Å². The minimum Gasteiger partial charge on any atom is -0.483 e. The van der Waals surface area contributed by atoms with Gasteiger partial charge in [-0.1, -0.05) is 25.4 Å². The molecule has 4 N–H and O–H groups in total. The second-order valence-corrected chi connectivity index (χ2v) is 7.57. The predicted octanol–water partition coefficient (Wildman–Crippen LogP) is 0.900. The Morgan fingerprint density at radius 1 is 1.38 bits per heavy atom. The van der Waals surface area contributed by atoms with Crippen molar-refractivity contribution in [2.75, 3.05) is 6.61 Å². The topological polar surface area (TPSA) is 136 Å². The monoisotopic (exact) mass is 378 g/mol. The summed E-state index contributed by atoms with van der Waals surface area (Å²) in [6.45, 7) is 4.32. The second-order valence-electron chi connectivity index (χ2n) is 5.48. The number of primary amides is 1. The van der Waals surface area contributed by atoms with Crippen LogP contribution >= 0.6 is 11.6 Å². The SMILES string of the molecule is Cc1cc(Cl)c(S(=O)(=O)N[C@@H](C(=O)O)C(C)C)cc1OCC(N)=O. The Labute approximate surface area is 145 Å². The molecule has 0 aliphatic heterocycles. The van der Waals surface area contributed by atoms with Gasteiger partial charge in [0.15, 0.2) is 6.61 Å². The van der Waals surface area contributed by atoms with Crippen LogP contribution in [-0.4, -0.2) is 38.0 Å². The lowest BCUT2D eigenvalue weighted by Crippen LogP contribution is -2.44. The molecular formula is C14H19ClN2O6S. The van der Waals surface area contributed by atoms with Crippen molar-refractivity contribution >= 4 is 33.5 Å². The summed E-state index contributed by atoms with van der Waals surface area (Å²) in [5, 5.41) is 9.03. The van der Waals surface area contributed by atoms with Gasteiger partial charge in [0.25, 0.3) is 5.91 Å². The van der Waals surface area contributed by atoms with Gasteiger partial charge >= 0.3 is 5.97 Å². The highest BCUT2D eigenvalue weighted by molar-refractivity contribution is 7.89. The number of aliphatic carboxylic acids is 1. The number of carbonyl (C=O) groups is 2. The smallest absolute Gasteiger partial charge is 0.322 e. The number of ether oxygens (including phenoxy) is 1. The lowest BCUT2D eigenvalue weighted by atomic mass is 10.1. The molecule has 1 aromatic rings. The molecule has 0 bridgehead atoms. The van der Waals surface area contributed by atoms with Gasteiger partial charge in [-0.2, -0.15) is 4.72 Å². The van der Waals surface area contributed by atoms with Crippen LogP contribution in [0.25, 0.3) is 0 Å². The molecule has 0 aromatic heterocycles. The summed E-state index contributed by atoms with van der Waals surface area (Å²) in [6.07, 6.45) is 0. The highest BCUT2D eigenvalue weighted by Gasteiger charge is 2.30. The van der Waals surface area contributed by atoms with Gasteiger partial charge in [-0.05, 0) is 24.5 Å². The Morgan fingerprint density at radius 3 is 2.42 bits per heavy atom. The summed E-state index contributed by atoms with van der Waals surface area (Å²) in [4.78, 5) is 21.7. The highest BCUT2D eigenvalue weighted by atomic mass is 35.5. The average Bonchev–Trinajstić information content (AvgIpc) is 2.42. The van der Waals surface area contributed by atoms with Crippen molar-refractivity contribution in [1.29, 1.82) is 0 Å². The normalized spacial score (nSPS) is 12.9. The maximum atomic E-state index is 12.5. The molecule has 24 heavy (non-hydrogen) atoms. The van der Waals surface area contributed by atoms with Gasteiger partial charge in [0.05, 0.1) is 5.02 Å². The zero-order chi connectivity index (χ0) is 18.7. The molecule has 0 spiro atoms. The maximum absolute atomic E-state index is 12.5. The largest absolute Gasteiger partial charge is 0.483 e. The zero-order valence-corrected chi connectivity index (χ0v) is 14.9. The van der Waals surface area contributed by atoms with E-state index in [0.717, 1.165) is 6.07 Å². The first-order chi connectivity index (χ1) is 11.0. The summed E-state index contributed by atoms with van der Waals surface area (Å²) in [6, 6.07) is 1.15. The fraction of sp³-hybridized carbons (Fsp3) is 0.429. The van der Waals surface area contributed by atoms with Gasteiger partial charge < -0.3 is 15.6 Å². The summed E-state index contributed by atoms with van der Waals surface area (Å²) >= 11 is 5.98. The minimum atomic E-state index is -4.22. The van der Waals surface area contributed by atoms with Crippen molar-refractivity contribution in [2.45, 2.75) is 31.7 Å². The van der Waals surface area contributed by atoms with E-state index < -0.39 is 40.5 Å². The minimum absolute atomic E-state index is 0.0979.